The summed E-state index contributed by atoms with van der Waals surface area (Å²) in [5, 5.41) is 12.8. The van der Waals surface area contributed by atoms with Crippen molar-refractivity contribution < 1.29 is 18.7 Å². The molecule has 0 radical (unpaired) electrons. The molecular formula is C21H19F2N3O3. The highest BCUT2D eigenvalue weighted by Gasteiger charge is 2.42. The molecule has 1 atom stereocenters. The fraction of sp³-hybridized carbons (Fsp3) is 0.286. The number of nitrogens with one attached hydrogen (secondary N) is 1. The molecule has 3 aromatic rings. The minimum Gasteiger partial charge on any atom is -0.478 e. The summed E-state index contributed by atoms with van der Waals surface area (Å²) in [7, 11) is 0. The van der Waals surface area contributed by atoms with E-state index in [-0.39, 0.29) is 23.0 Å². The number of aromatic carboxylic acids is 1. The number of hydrogen-bond donors (Lipinski definition) is 2. The highest BCUT2D eigenvalue weighted by Crippen LogP contribution is 2.37. The number of benzene rings is 2. The lowest BCUT2D eigenvalue weighted by molar-refractivity contribution is -0.00629. The molecule has 1 unspecified atom stereocenters. The van der Waals surface area contributed by atoms with E-state index >= 15 is 0 Å². The second kappa shape index (κ2) is 6.65. The fourth-order valence-electron chi connectivity index (χ4n) is 3.79. The Labute approximate surface area is 164 Å². The molecule has 1 aromatic heterocycles. The number of para-hydroxylation sites is 1. The molecule has 2 aromatic carbocycles. The van der Waals surface area contributed by atoms with Crippen molar-refractivity contribution in [1.82, 2.24) is 9.55 Å². The summed E-state index contributed by atoms with van der Waals surface area (Å²) >= 11 is 0. The van der Waals surface area contributed by atoms with Crippen LogP contribution in [0.15, 0.2) is 41.2 Å². The van der Waals surface area contributed by atoms with Crippen LogP contribution in [0, 0.1) is 6.92 Å². The summed E-state index contributed by atoms with van der Waals surface area (Å²) in [6.07, 6.45) is -0.445. The van der Waals surface area contributed by atoms with Gasteiger partial charge in [0.25, 0.3) is 5.56 Å². The average molecular weight is 399 g/mol. The second-order valence-electron chi connectivity index (χ2n) is 7.31. The predicted octanol–water partition coefficient (Wildman–Crippen LogP) is 4.07. The molecule has 0 spiro atoms. The number of halogens is 2. The quantitative estimate of drug-likeness (QED) is 0.691. The van der Waals surface area contributed by atoms with Crippen LogP contribution in [-0.4, -0.2) is 20.6 Å². The molecule has 0 saturated heterocycles. The van der Waals surface area contributed by atoms with Crippen molar-refractivity contribution in [2.24, 2.45) is 0 Å². The Morgan fingerprint density at radius 1 is 1.31 bits per heavy atom. The van der Waals surface area contributed by atoms with E-state index in [1.807, 2.05) is 6.92 Å². The first-order valence-electron chi connectivity index (χ1n) is 9.21. The fourth-order valence-corrected chi connectivity index (χ4v) is 3.79. The molecule has 2 heterocycles. The van der Waals surface area contributed by atoms with Gasteiger partial charge in [-0.1, -0.05) is 18.2 Å². The summed E-state index contributed by atoms with van der Waals surface area (Å²) in [6.45, 7) is 3.53. The van der Waals surface area contributed by atoms with Gasteiger partial charge in [0.2, 0.25) is 0 Å². The summed E-state index contributed by atoms with van der Waals surface area (Å²) in [6, 6.07) is 9.39. The molecule has 1 aliphatic heterocycles. The molecule has 0 aliphatic carbocycles. The van der Waals surface area contributed by atoms with E-state index in [0.29, 0.717) is 11.3 Å². The highest BCUT2D eigenvalue weighted by atomic mass is 19.3. The van der Waals surface area contributed by atoms with Gasteiger partial charge in [-0.05, 0) is 37.6 Å². The summed E-state index contributed by atoms with van der Waals surface area (Å²) in [5.74, 6) is -4.75. The van der Waals surface area contributed by atoms with Crippen molar-refractivity contribution >= 4 is 22.6 Å². The molecule has 0 saturated carbocycles. The van der Waals surface area contributed by atoms with Crippen LogP contribution in [0.1, 0.15) is 46.7 Å². The number of carboxylic acids is 1. The van der Waals surface area contributed by atoms with Gasteiger partial charge < -0.3 is 10.4 Å². The normalized spacial score (nSPS) is 15.9. The van der Waals surface area contributed by atoms with E-state index in [1.165, 1.54) is 6.07 Å². The van der Waals surface area contributed by atoms with Crippen LogP contribution in [-0.2, 0) is 12.5 Å². The van der Waals surface area contributed by atoms with Crippen LogP contribution < -0.4 is 10.9 Å². The van der Waals surface area contributed by atoms with E-state index in [1.54, 1.807) is 37.3 Å². The van der Waals surface area contributed by atoms with Crippen molar-refractivity contribution in [3.8, 4) is 0 Å². The van der Waals surface area contributed by atoms with E-state index in [4.69, 9.17) is 0 Å². The van der Waals surface area contributed by atoms with E-state index < -0.39 is 35.7 Å². The lowest BCUT2D eigenvalue weighted by Crippen LogP contribution is -2.24. The number of alkyl halides is 2. The number of fused-ring (bicyclic) bond motifs is 2. The summed E-state index contributed by atoms with van der Waals surface area (Å²) in [5.41, 5.74) is 1.56. The van der Waals surface area contributed by atoms with E-state index in [2.05, 4.69) is 10.3 Å². The van der Waals surface area contributed by atoms with E-state index in [9.17, 15) is 23.5 Å². The number of hydrogen-bond acceptors (Lipinski definition) is 4. The first-order chi connectivity index (χ1) is 13.7. The minimum absolute atomic E-state index is 0.0623. The molecule has 0 bridgehead atoms. The van der Waals surface area contributed by atoms with Crippen molar-refractivity contribution in [2.45, 2.75) is 38.8 Å². The Bertz CT molecular complexity index is 1200. The molecule has 29 heavy (non-hydrogen) atoms. The molecule has 6 nitrogen and oxygen atoms in total. The molecule has 4 rings (SSSR count). The van der Waals surface area contributed by atoms with Crippen molar-refractivity contribution in [3.05, 3.63) is 69.3 Å². The predicted molar refractivity (Wildman–Crippen MR) is 105 cm³/mol. The molecule has 0 fully saturated rings. The van der Waals surface area contributed by atoms with Gasteiger partial charge in [0.05, 0.1) is 22.5 Å². The van der Waals surface area contributed by atoms with E-state index in [0.717, 1.165) is 10.1 Å². The maximum atomic E-state index is 14.2. The summed E-state index contributed by atoms with van der Waals surface area (Å²) in [4.78, 5) is 28.5. The maximum absolute atomic E-state index is 14.2. The largest absolute Gasteiger partial charge is 0.478 e. The number of carbonyl (C=O) groups is 1. The lowest BCUT2D eigenvalue weighted by Gasteiger charge is -2.20. The zero-order valence-corrected chi connectivity index (χ0v) is 15.9. The summed E-state index contributed by atoms with van der Waals surface area (Å²) < 4.78 is 29.5. The monoisotopic (exact) mass is 399 g/mol. The van der Waals surface area contributed by atoms with Crippen LogP contribution in [0.4, 0.5) is 14.5 Å². The average Bonchev–Trinajstić information content (AvgIpc) is 2.97. The Kier molecular flexibility index (Phi) is 4.37. The number of aromatic nitrogens is 2. The number of carboxylic acid groups (broad SMARTS) is 1. The van der Waals surface area contributed by atoms with Gasteiger partial charge in [-0.3, -0.25) is 9.36 Å². The number of anilines is 1. The molecular weight excluding hydrogens is 380 g/mol. The van der Waals surface area contributed by atoms with Crippen molar-refractivity contribution in [3.63, 3.8) is 0 Å². The second-order valence-corrected chi connectivity index (χ2v) is 7.31. The molecule has 150 valence electrons. The standard InChI is InChI=1S/C21H19F2N3O3/c1-11-9-14(12(2)24-16-6-4-3-5-13(16)19(28)29)17-15(10-11)18(27)26-8-7-21(22,23)20(26)25-17/h3-6,9-10,12,24H,7-8H2,1-2H3,(H,28,29). The van der Waals surface area contributed by atoms with Gasteiger partial charge in [0.1, 0.15) is 0 Å². The van der Waals surface area contributed by atoms with Crippen molar-refractivity contribution in [1.29, 1.82) is 0 Å². The van der Waals surface area contributed by atoms with Gasteiger partial charge in [-0.2, -0.15) is 8.78 Å². The third-order valence-electron chi connectivity index (χ3n) is 5.21. The topological polar surface area (TPSA) is 84.2 Å². The number of rotatable bonds is 4. The van der Waals surface area contributed by atoms with Crippen LogP contribution >= 0.6 is 0 Å². The number of aryl methyl sites for hydroxylation is 1. The van der Waals surface area contributed by atoms with Crippen LogP contribution in [0.5, 0.6) is 0 Å². The molecule has 2 N–H and O–H groups in total. The molecule has 0 amide bonds. The minimum atomic E-state index is -3.15. The van der Waals surface area contributed by atoms with Crippen molar-refractivity contribution in [2.75, 3.05) is 5.32 Å². The van der Waals surface area contributed by atoms with Crippen LogP contribution in [0.25, 0.3) is 10.9 Å². The zero-order chi connectivity index (χ0) is 20.9. The van der Waals surface area contributed by atoms with Crippen LogP contribution in [0.2, 0.25) is 0 Å². The van der Waals surface area contributed by atoms with Gasteiger partial charge in [0, 0.05) is 24.2 Å². The van der Waals surface area contributed by atoms with Gasteiger partial charge in [0.15, 0.2) is 5.82 Å². The SMILES string of the molecule is Cc1cc(C(C)Nc2ccccc2C(=O)O)c2nc3n(c(=O)c2c1)CCC3(F)F. The molecule has 8 heteroatoms. The third kappa shape index (κ3) is 3.14. The Balaban J connectivity index is 1.87. The Hall–Kier alpha value is -3.29. The molecule has 1 aliphatic rings. The van der Waals surface area contributed by atoms with Gasteiger partial charge in [-0.15, -0.1) is 0 Å². The lowest BCUT2D eigenvalue weighted by atomic mass is 10.0. The number of nitrogens with zero attached hydrogens (tertiary/aromatic N) is 2. The van der Waals surface area contributed by atoms with Gasteiger partial charge >= 0.3 is 11.9 Å². The van der Waals surface area contributed by atoms with Gasteiger partial charge in [-0.25, -0.2) is 9.78 Å². The first-order valence-corrected chi connectivity index (χ1v) is 9.21. The highest BCUT2D eigenvalue weighted by molar-refractivity contribution is 5.94. The smallest absolute Gasteiger partial charge is 0.337 e. The maximum Gasteiger partial charge on any atom is 0.337 e. The Morgan fingerprint density at radius 2 is 2.03 bits per heavy atom. The Morgan fingerprint density at radius 3 is 2.76 bits per heavy atom. The first kappa shape index (κ1) is 19.0. The zero-order valence-electron chi connectivity index (χ0n) is 15.9. The van der Waals surface area contributed by atoms with Crippen LogP contribution in [0.3, 0.4) is 0 Å². The third-order valence-corrected chi connectivity index (χ3v) is 5.21.